The fourth-order valence-electron chi connectivity index (χ4n) is 3.98. The summed E-state index contributed by atoms with van der Waals surface area (Å²) < 4.78 is 13.1. The van der Waals surface area contributed by atoms with Crippen LogP contribution >= 0.6 is 23.1 Å². The number of ether oxygens (including phenoxy) is 2. The highest BCUT2D eigenvalue weighted by Gasteiger charge is 2.17. The van der Waals surface area contributed by atoms with E-state index >= 15 is 0 Å². The lowest BCUT2D eigenvalue weighted by atomic mass is 10.2. The largest absolute Gasteiger partial charge is 0.454 e. The minimum Gasteiger partial charge on any atom is -0.454 e. The van der Waals surface area contributed by atoms with Gasteiger partial charge in [0, 0.05) is 47.6 Å². The SMILES string of the molecule is CCN(CC)c1ccc(-c2nnc(SCc3csc(-c4ccc5c(c4)OCO5)n3)n2CC)cc1. The van der Waals surface area contributed by atoms with Crippen LogP contribution in [-0.2, 0) is 12.3 Å². The molecule has 5 rings (SSSR count). The monoisotopic (exact) mass is 493 g/mol. The highest BCUT2D eigenvalue weighted by molar-refractivity contribution is 7.98. The van der Waals surface area contributed by atoms with Gasteiger partial charge in [-0.25, -0.2) is 4.98 Å². The zero-order chi connectivity index (χ0) is 23.5. The molecular weight excluding hydrogens is 466 g/mol. The number of thioether (sulfide) groups is 1. The van der Waals surface area contributed by atoms with Crippen LogP contribution in [0.2, 0.25) is 0 Å². The molecule has 0 spiro atoms. The Bertz CT molecular complexity index is 1260. The molecule has 34 heavy (non-hydrogen) atoms. The van der Waals surface area contributed by atoms with Gasteiger partial charge in [0.1, 0.15) is 5.01 Å². The Kier molecular flexibility index (Phi) is 6.73. The Morgan fingerprint density at radius 3 is 2.50 bits per heavy atom. The third-order valence-corrected chi connectivity index (χ3v) is 7.75. The Morgan fingerprint density at radius 2 is 1.74 bits per heavy atom. The third kappa shape index (κ3) is 4.50. The zero-order valence-electron chi connectivity index (χ0n) is 19.5. The van der Waals surface area contributed by atoms with Crippen LogP contribution in [0.25, 0.3) is 22.0 Å². The molecule has 0 unspecified atom stereocenters. The van der Waals surface area contributed by atoms with Crippen LogP contribution in [0.5, 0.6) is 11.5 Å². The number of fused-ring (bicyclic) bond motifs is 1. The summed E-state index contributed by atoms with van der Waals surface area (Å²) in [6.45, 7) is 9.55. The molecule has 2 aromatic heterocycles. The van der Waals surface area contributed by atoms with Crippen molar-refractivity contribution in [3.63, 3.8) is 0 Å². The van der Waals surface area contributed by atoms with Crippen LogP contribution in [-0.4, -0.2) is 39.6 Å². The Labute approximate surface area is 207 Å². The molecule has 1 aliphatic rings. The van der Waals surface area contributed by atoms with Gasteiger partial charge in [-0.3, -0.25) is 0 Å². The molecule has 3 heterocycles. The van der Waals surface area contributed by atoms with Gasteiger partial charge in [0.2, 0.25) is 6.79 Å². The standard InChI is InChI=1S/C25H27N5O2S2/c1-4-29(5-2)20-10-7-17(8-11-20)23-27-28-25(30(23)6-3)34-15-19-14-33-24(26-19)18-9-12-21-22(13-18)32-16-31-21/h7-14H,4-6,15-16H2,1-3H3. The molecule has 1 aliphatic heterocycles. The van der Waals surface area contributed by atoms with Crippen molar-refractivity contribution >= 4 is 28.8 Å². The minimum absolute atomic E-state index is 0.277. The lowest BCUT2D eigenvalue weighted by molar-refractivity contribution is 0.174. The summed E-state index contributed by atoms with van der Waals surface area (Å²) in [5.41, 5.74) is 4.37. The fourth-order valence-corrected chi connectivity index (χ4v) is 5.80. The molecule has 0 aliphatic carbocycles. The summed E-state index contributed by atoms with van der Waals surface area (Å²) in [7, 11) is 0. The van der Waals surface area contributed by atoms with Crippen molar-refractivity contribution in [2.24, 2.45) is 0 Å². The van der Waals surface area contributed by atoms with Gasteiger partial charge in [-0.05, 0) is 63.2 Å². The molecule has 0 fully saturated rings. The number of benzene rings is 2. The van der Waals surface area contributed by atoms with E-state index in [-0.39, 0.29) is 6.79 Å². The molecule has 4 aromatic rings. The van der Waals surface area contributed by atoms with E-state index in [9.17, 15) is 0 Å². The molecule has 176 valence electrons. The zero-order valence-corrected chi connectivity index (χ0v) is 21.2. The topological polar surface area (TPSA) is 65.3 Å². The van der Waals surface area contributed by atoms with E-state index < -0.39 is 0 Å². The quantitative estimate of drug-likeness (QED) is 0.267. The molecule has 9 heteroatoms. The molecule has 0 N–H and O–H groups in total. The molecule has 7 nitrogen and oxygen atoms in total. The maximum Gasteiger partial charge on any atom is 0.231 e. The highest BCUT2D eigenvalue weighted by Crippen LogP contribution is 2.37. The molecule has 0 amide bonds. The van der Waals surface area contributed by atoms with E-state index in [0.717, 1.165) is 69.7 Å². The van der Waals surface area contributed by atoms with Crippen molar-refractivity contribution in [3.05, 3.63) is 53.5 Å². The molecular formula is C25H27N5O2S2. The summed E-state index contributed by atoms with van der Waals surface area (Å²) in [6, 6.07) is 14.5. The highest BCUT2D eigenvalue weighted by atomic mass is 32.2. The number of anilines is 1. The van der Waals surface area contributed by atoms with Crippen molar-refractivity contribution in [1.82, 2.24) is 19.7 Å². The molecule has 0 saturated carbocycles. The summed E-state index contributed by atoms with van der Waals surface area (Å²) in [5.74, 6) is 3.20. The maximum absolute atomic E-state index is 5.50. The smallest absolute Gasteiger partial charge is 0.231 e. The summed E-state index contributed by atoms with van der Waals surface area (Å²) in [5, 5.41) is 13.0. The first-order valence-corrected chi connectivity index (χ1v) is 13.3. The fraction of sp³-hybridized carbons (Fsp3) is 0.320. The first kappa shape index (κ1) is 22.7. The second-order valence-corrected chi connectivity index (χ2v) is 9.57. The van der Waals surface area contributed by atoms with Gasteiger partial charge in [-0.1, -0.05) is 11.8 Å². The van der Waals surface area contributed by atoms with Crippen molar-refractivity contribution in [2.75, 3.05) is 24.8 Å². The predicted molar refractivity (Wildman–Crippen MR) is 138 cm³/mol. The van der Waals surface area contributed by atoms with Gasteiger partial charge < -0.3 is 18.9 Å². The van der Waals surface area contributed by atoms with Gasteiger partial charge in [0.15, 0.2) is 22.5 Å². The van der Waals surface area contributed by atoms with E-state index in [1.165, 1.54) is 5.69 Å². The van der Waals surface area contributed by atoms with E-state index in [0.29, 0.717) is 0 Å². The predicted octanol–water partition coefficient (Wildman–Crippen LogP) is 5.96. The lowest BCUT2D eigenvalue weighted by Crippen LogP contribution is -2.21. The number of nitrogens with zero attached hydrogens (tertiary/aromatic N) is 5. The van der Waals surface area contributed by atoms with Crippen molar-refractivity contribution < 1.29 is 9.47 Å². The average molecular weight is 494 g/mol. The first-order valence-electron chi connectivity index (χ1n) is 11.5. The van der Waals surface area contributed by atoms with E-state index in [1.54, 1.807) is 23.1 Å². The average Bonchev–Trinajstić information content (AvgIpc) is 3.62. The van der Waals surface area contributed by atoms with E-state index in [1.807, 2.05) is 18.2 Å². The van der Waals surface area contributed by atoms with Gasteiger partial charge in [-0.15, -0.1) is 21.5 Å². The number of hydrogen-bond donors (Lipinski definition) is 0. The first-order chi connectivity index (χ1) is 16.7. The van der Waals surface area contributed by atoms with Crippen LogP contribution in [0.15, 0.2) is 53.0 Å². The van der Waals surface area contributed by atoms with Gasteiger partial charge in [0.05, 0.1) is 5.69 Å². The summed E-state index contributed by atoms with van der Waals surface area (Å²) in [6.07, 6.45) is 0. The van der Waals surface area contributed by atoms with Crippen LogP contribution < -0.4 is 14.4 Å². The van der Waals surface area contributed by atoms with Crippen LogP contribution in [0.1, 0.15) is 26.5 Å². The summed E-state index contributed by atoms with van der Waals surface area (Å²) >= 11 is 3.30. The normalized spacial score (nSPS) is 12.3. The van der Waals surface area contributed by atoms with Crippen molar-refractivity contribution in [3.8, 4) is 33.5 Å². The minimum atomic E-state index is 0.277. The Balaban J connectivity index is 1.29. The molecule has 0 radical (unpaired) electrons. The van der Waals surface area contributed by atoms with Crippen LogP contribution in [0, 0.1) is 0 Å². The number of rotatable bonds is 9. The molecule has 2 aromatic carbocycles. The summed E-state index contributed by atoms with van der Waals surface area (Å²) in [4.78, 5) is 7.16. The van der Waals surface area contributed by atoms with Crippen molar-refractivity contribution in [2.45, 2.75) is 38.2 Å². The third-order valence-electron chi connectivity index (χ3n) is 5.81. The lowest BCUT2D eigenvalue weighted by Gasteiger charge is -2.21. The Hall–Kier alpha value is -3.04. The number of thiazole rings is 1. The van der Waals surface area contributed by atoms with Crippen LogP contribution in [0.3, 0.4) is 0 Å². The number of hydrogen-bond acceptors (Lipinski definition) is 8. The second kappa shape index (κ2) is 10.1. The van der Waals surface area contributed by atoms with Crippen LogP contribution in [0.4, 0.5) is 5.69 Å². The van der Waals surface area contributed by atoms with Gasteiger partial charge in [-0.2, -0.15) is 0 Å². The maximum atomic E-state index is 5.50. The second-order valence-electron chi connectivity index (χ2n) is 7.77. The molecule has 0 bridgehead atoms. The van der Waals surface area contributed by atoms with E-state index in [4.69, 9.17) is 14.5 Å². The van der Waals surface area contributed by atoms with E-state index in [2.05, 4.69) is 70.1 Å². The van der Waals surface area contributed by atoms with Gasteiger partial charge in [0.25, 0.3) is 0 Å². The molecule has 0 atom stereocenters. The van der Waals surface area contributed by atoms with Crippen molar-refractivity contribution in [1.29, 1.82) is 0 Å². The molecule has 0 saturated heterocycles. The Morgan fingerprint density at radius 1 is 0.971 bits per heavy atom. The van der Waals surface area contributed by atoms with Gasteiger partial charge >= 0.3 is 0 Å². The number of aromatic nitrogens is 4.